The second kappa shape index (κ2) is 6.58. The van der Waals surface area contributed by atoms with Crippen molar-refractivity contribution in [3.8, 4) is 0 Å². The smallest absolute Gasteiger partial charge is 0.245 e. The summed E-state index contributed by atoms with van der Waals surface area (Å²) in [5.74, 6) is 0.0366. The monoisotopic (exact) mass is 306 g/mol. The largest absolute Gasteiger partial charge is 0.399 e. The molecule has 0 aliphatic rings. The molecule has 108 valence electrons. The van der Waals surface area contributed by atoms with Crippen molar-refractivity contribution in [3.05, 3.63) is 24.0 Å². The highest BCUT2D eigenvalue weighted by Crippen LogP contribution is 2.22. The molecule has 1 aromatic carbocycles. The van der Waals surface area contributed by atoms with Crippen molar-refractivity contribution in [2.24, 2.45) is 0 Å². The van der Waals surface area contributed by atoms with E-state index in [9.17, 15) is 12.8 Å². The Morgan fingerprint density at radius 1 is 1.47 bits per heavy atom. The van der Waals surface area contributed by atoms with Crippen molar-refractivity contribution >= 4 is 27.5 Å². The van der Waals surface area contributed by atoms with Gasteiger partial charge in [0.25, 0.3) is 0 Å². The molecule has 0 saturated carbocycles. The van der Waals surface area contributed by atoms with Gasteiger partial charge < -0.3 is 5.73 Å². The van der Waals surface area contributed by atoms with E-state index in [-0.39, 0.29) is 16.6 Å². The van der Waals surface area contributed by atoms with E-state index in [4.69, 9.17) is 5.73 Å². The highest BCUT2D eigenvalue weighted by atomic mass is 32.2. The predicted octanol–water partition coefficient (Wildman–Crippen LogP) is 2.17. The number of nitrogens with zero attached hydrogens (tertiary/aromatic N) is 1. The van der Waals surface area contributed by atoms with Crippen LogP contribution in [0.1, 0.15) is 13.3 Å². The van der Waals surface area contributed by atoms with Gasteiger partial charge in [-0.1, -0.05) is 0 Å². The summed E-state index contributed by atoms with van der Waals surface area (Å²) in [5.41, 5.74) is 5.62. The van der Waals surface area contributed by atoms with Crippen molar-refractivity contribution < 1.29 is 12.8 Å². The maximum Gasteiger partial charge on any atom is 0.245 e. The zero-order valence-electron chi connectivity index (χ0n) is 11.3. The van der Waals surface area contributed by atoms with Crippen molar-refractivity contribution in [1.82, 2.24) is 4.31 Å². The summed E-state index contributed by atoms with van der Waals surface area (Å²) in [6, 6.07) is 3.43. The lowest BCUT2D eigenvalue weighted by molar-refractivity contribution is 0.380. The van der Waals surface area contributed by atoms with Gasteiger partial charge in [-0.15, -0.1) is 0 Å². The average Bonchev–Trinajstić information content (AvgIpc) is 2.34. The number of sulfonamides is 1. The van der Waals surface area contributed by atoms with Gasteiger partial charge in [0.1, 0.15) is 10.7 Å². The number of thioether (sulfide) groups is 1. The molecular formula is C12H19FN2O2S2. The van der Waals surface area contributed by atoms with Gasteiger partial charge in [0.15, 0.2) is 0 Å². The summed E-state index contributed by atoms with van der Waals surface area (Å²) in [6.45, 7) is 1.81. The van der Waals surface area contributed by atoms with Crippen molar-refractivity contribution in [2.45, 2.75) is 24.3 Å². The molecular weight excluding hydrogens is 287 g/mol. The van der Waals surface area contributed by atoms with Crippen LogP contribution in [0, 0.1) is 5.82 Å². The fourth-order valence-electron chi connectivity index (χ4n) is 1.59. The fourth-order valence-corrected chi connectivity index (χ4v) is 3.60. The van der Waals surface area contributed by atoms with Crippen molar-refractivity contribution in [3.63, 3.8) is 0 Å². The van der Waals surface area contributed by atoms with E-state index < -0.39 is 15.8 Å². The molecule has 0 saturated heterocycles. The molecule has 4 nitrogen and oxygen atoms in total. The third-order valence-corrected chi connectivity index (χ3v) is 5.62. The summed E-state index contributed by atoms with van der Waals surface area (Å²) < 4.78 is 39.6. The Morgan fingerprint density at radius 3 is 2.63 bits per heavy atom. The normalized spacial score (nSPS) is 13.7. The van der Waals surface area contributed by atoms with E-state index in [0.29, 0.717) is 6.42 Å². The first-order chi connectivity index (χ1) is 8.80. The molecule has 0 heterocycles. The zero-order valence-corrected chi connectivity index (χ0v) is 12.9. The fraction of sp³-hybridized carbons (Fsp3) is 0.500. The summed E-state index contributed by atoms with van der Waals surface area (Å²) >= 11 is 1.65. The molecule has 7 heteroatoms. The first kappa shape index (κ1) is 16.3. The van der Waals surface area contributed by atoms with E-state index >= 15 is 0 Å². The van der Waals surface area contributed by atoms with Crippen LogP contribution in [0.2, 0.25) is 0 Å². The molecule has 1 unspecified atom stereocenters. The molecule has 0 aliphatic heterocycles. The first-order valence-electron chi connectivity index (χ1n) is 5.82. The molecule has 0 aliphatic carbocycles. The molecule has 2 N–H and O–H groups in total. The van der Waals surface area contributed by atoms with Crippen LogP contribution in [-0.2, 0) is 10.0 Å². The van der Waals surface area contributed by atoms with Crippen LogP contribution in [0.4, 0.5) is 10.1 Å². The van der Waals surface area contributed by atoms with Gasteiger partial charge in [0.2, 0.25) is 10.0 Å². The molecule has 0 fully saturated rings. The summed E-state index contributed by atoms with van der Waals surface area (Å²) in [6.07, 6.45) is 2.67. The SMILES string of the molecule is CSCCC(C)N(C)S(=O)(=O)c1ccc(N)cc1F. The summed E-state index contributed by atoms with van der Waals surface area (Å²) in [4.78, 5) is -0.333. The van der Waals surface area contributed by atoms with Gasteiger partial charge in [0, 0.05) is 18.8 Å². The van der Waals surface area contributed by atoms with Gasteiger partial charge in [-0.25, -0.2) is 12.8 Å². The highest BCUT2D eigenvalue weighted by molar-refractivity contribution is 7.98. The molecule has 0 bridgehead atoms. The van der Waals surface area contributed by atoms with Crippen molar-refractivity contribution in [2.75, 3.05) is 24.8 Å². The summed E-state index contributed by atoms with van der Waals surface area (Å²) in [5, 5.41) is 0. The third-order valence-electron chi connectivity index (χ3n) is 2.97. The minimum absolute atomic E-state index is 0.186. The van der Waals surface area contributed by atoms with Crippen LogP contribution < -0.4 is 5.73 Å². The molecule has 1 atom stereocenters. The van der Waals surface area contributed by atoms with Crippen LogP contribution in [0.5, 0.6) is 0 Å². The van der Waals surface area contributed by atoms with E-state index in [1.165, 1.54) is 23.5 Å². The second-order valence-corrected chi connectivity index (χ2v) is 7.29. The maximum absolute atomic E-state index is 13.7. The summed E-state index contributed by atoms with van der Waals surface area (Å²) in [7, 11) is -2.35. The minimum atomic E-state index is -3.82. The Bertz CT molecular complexity index is 535. The van der Waals surface area contributed by atoms with Crippen LogP contribution >= 0.6 is 11.8 Å². The van der Waals surface area contributed by atoms with Gasteiger partial charge in [-0.05, 0) is 43.6 Å². The molecule has 19 heavy (non-hydrogen) atoms. The Morgan fingerprint density at radius 2 is 2.11 bits per heavy atom. The molecule has 1 aromatic rings. The Kier molecular flexibility index (Phi) is 5.64. The standard InChI is InChI=1S/C12H19FN2O2S2/c1-9(6-7-18-3)15(2)19(16,17)12-5-4-10(14)8-11(12)13/h4-5,8-9H,6-7,14H2,1-3H3. The minimum Gasteiger partial charge on any atom is -0.399 e. The second-order valence-electron chi connectivity index (χ2n) is 4.34. The van der Waals surface area contributed by atoms with Gasteiger partial charge in [-0.3, -0.25) is 0 Å². The highest BCUT2D eigenvalue weighted by Gasteiger charge is 2.27. The Labute approximate surface area is 118 Å². The Hall–Kier alpha value is -0.790. The molecule has 1 rings (SSSR count). The molecule has 0 amide bonds. The number of hydrogen-bond acceptors (Lipinski definition) is 4. The molecule has 0 aromatic heterocycles. The lowest BCUT2D eigenvalue weighted by Gasteiger charge is -2.24. The van der Waals surface area contributed by atoms with Gasteiger partial charge in [-0.2, -0.15) is 16.1 Å². The van der Waals surface area contributed by atoms with E-state index in [1.807, 2.05) is 13.2 Å². The lowest BCUT2D eigenvalue weighted by atomic mass is 10.3. The van der Waals surface area contributed by atoms with Crippen LogP contribution in [0.15, 0.2) is 23.1 Å². The van der Waals surface area contributed by atoms with Gasteiger partial charge in [0.05, 0.1) is 0 Å². The lowest BCUT2D eigenvalue weighted by Crippen LogP contribution is -2.35. The quantitative estimate of drug-likeness (QED) is 0.818. The molecule has 0 spiro atoms. The zero-order chi connectivity index (χ0) is 14.6. The number of benzene rings is 1. The van der Waals surface area contributed by atoms with Gasteiger partial charge >= 0.3 is 0 Å². The number of nitrogens with two attached hydrogens (primary N) is 1. The van der Waals surface area contributed by atoms with E-state index in [0.717, 1.165) is 11.8 Å². The van der Waals surface area contributed by atoms with Crippen LogP contribution in [0.25, 0.3) is 0 Å². The molecule has 0 radical (unpaired) electrons. The number of anilines is 1. The van der Waals surface area contributed by atoms with Crippen LogP contribution in [0.3, 0.4) is 0 Å². The van der Waals surface area contributed by atoms with E-state index in [1.54, 1.807) is 11.8 Å². The van der Waals surface area contributed by atoms with Crippen LogP contribution in [-0.4, -0.2) is 37.8 Å². The number of nitrogen functional groups attached to an aromatic ring is 1. The number of halogens is 1. The predicted molar refractivity (Wildman–Crippen MR) is 78.2 cm³/mol. The Balaban J connectivity index is 3.02. The topological polar surface area (TPSA) is 63.4 Å². The van der Waals surface area contributed by atoms with E-state index in [2.05, 4.69) is 0 Å². The maximum atomic E-state index is 13.7. The average molecular weight is 306 g/mol. The third kappa shape index (κ3) is 3.84. The number of hydrogen-bond donors (Lipinski definition) is 1. The van der Waals surface area contributed by atoms with Crippen molar-refractivity contribution in [1.29, 1.82) is 0 Å². The first-order valence-corrected chi connectivity index (χ1v) is 8.66. The number of rotatable bonds is 6.